The predicted molar refractivity (Wildman–Crippen MR) is 78.5 cm³/mol. The highest BCUT2D eigenvalue weighted by Crippen LogP contribution is 2.21. The molecule has 2 rings (SSSR count). The topological polar surface area (TPSA) is 41.1 Å². The minimum Gasteiger partial charge on any atom is -0.352 e. The molecule has 1 aliphatic heterocycles. The largest absolute Gasteiger partial charge is 0.352 e. The lowest BCUT2D eigenvalue weighted by molar-refractivity contribution is -0.126. The Balaban J connectivity index is 1.89. The first-order chi connectivity index (χ1) is 9.06. The zero-order chi connectivity index (χ0) is 13.8. The van der Waals surface area contributed by atoms with Crippen molar-refractivity contribution in [1.29, 1.82) is 0 Å². The molecule has 3 nitrogen and oxygen atoms in total. The van der Waals surface area contributed by atoms with E-state index in [9.17, 15) is 4.79 Å². The predicted octanol–water partition coefficient (Wildman–Crippen LogP) is 3.00. The first-order valence-electron chi connectivity index (χ1n) is 6.51. The molecular weight excluding hydrogens is 283 g/mol. The average Bonchev–Trinajstić information content (AvgIpc) is 2.37. The van der Waals surface area contributed by atoms with Gasteiger partial charge in [-0.3, -0.25) is 4.79 Å². The molecule has 1 heterocycles. The van der Waals surface area contributed by atoms with Crippen LogP contribution in [0.4, 0.5) is 0 Å². The van der Waals surface area contributed by atoms with Crippen LogP contribution >= 0.6 is 23.2 Å². The molecule has 1 saturated heterocycles. The van der Waals surface area contributed by atoms with Crippen LogP contribution in [-0.2, 0) is 11.3 Å². The van der Waals surface area contributed by atoms with E-state index in [0.717, 1.165) is 24.9 Å². The standard InChI is InChI=1S/C14H18Cl2N2O/c1-9-6-10(4-5-17-9)14(19)18-8-11-2-3-12(15)7-13(11)16/h2-3,7,9-10,17H,4-6,8H2,1H3,(H,18,19)/t9-,10-/m0/s1. The Bertz CT molecular complexity index is 465. The molecule has 19 heavy (non-hydrogen) atoms. The molecule has 0 spiro atoms. The van der Waals surface area contributed by atoms with E-state index in [0.29, 0.717) is 22.6 Å². The van der Waals surface area contributed by atoms with Crippen LogP contribution < -0.4 is 10.6 Å². The molecule has 0 bridgehead atoms. The molecule has 1 amide bonds. The van der Waals surface area contributed by atoms with E-state index in [1.54, 1.807) is 12.1 Å². The summed E-state index contributed by atoms with van der Waals surface area (Å²) in [5, 5.41) is 7.49. The Labute approximate surface area is 123 Å². The van der Waals surface area contributed by atoms with E-state index in [2.05, 4.69) is 17.6 Å². The third-order valence-electron chi connectivity index (χ3n) is 3.46. The summed E-state index contributed by atoms with van der Waals surface area (Å²) >= 11 is 11.9. The maximum atomic E-state index is 12.1. The van der Waals surface area contributed by atoms with Crippen LogP contribution in [0.1, 0.15) is 25.3 Å². The van der Waals surface area contributed by atoms with Gasteiger partial charge in [-0.05, 0) is 44.0 Å². The fourth-order valence-electron chi connectivity index (χ4n) is 2.36. The lowest BCUT2D eigenvalue weighted by atomic mass is 9.92. The van der Waals surface area contributed by atoms with Gasteiger partial charge in [-0.15, -0.1) is 0 Å². The number of halogens is 2. The van der Waals surface area contributed by atoms with E-state index >= 15 is 0 Å². The monoisotopic (exact) mass is 300 g/mol. The number of amides is 1. The van der Waals surface area contributed by atoms with Gasteiger partial charge in [0, 0.05) is 28.5 Å². The van der Waals surface area contributed by atoms with Crippen molar-refractivity contribution in [2.45, 2.75) is 32.4 Å². The summed E-state index contributed by atoms with van der Waals surface area (Å²) in [6.45, 7) is 3.46. The van der Waals surface area contributed by atoms with Crippen LogP contribution in [-0.4, -0.2) is 18.5 Å². The number of nitrogens with one attached hydrogen (secondary N) is 2. The average molecular weight is 301 g/mol. The molecule has 1 aromatic carbocycles. The van der Waals surface area contributed by atoms with E-state index in [4.69, 9.17) is 23.2 Å². The molecular formula is C14H18Cl2N2O. The van der Waals surface area contributed by atoms with Gasteiger partial charge >= 0.3 is 0 Å². The van der Waals surface area contributed by atoms with Crippen LogP contribution in [0.15, 0.2) is 18.2 Å². The van der Waals surface area contributed by atoms with Gasteiger partial charge in [-0.2, -0.15) is 0 Å². The highest BCUT2D eigenvalue weighted by molar-refractivity contribution is 6.35. The van der Waals surface area contributed by atoms with Gasteiger partial charge in [0.05, 0.1) is 0 Å². The van der Waals surface area contributed by atoms with Crippen molar-refractivity contribution in [3.63, 3.8) is 0 Å². The summed E-state index contributed by atoms with van der Waals surface area (Å²) in [4.78, 5) is 12.1. The first-order valence-corrected chi connectivity index (χ1v) is 7.27. The second-order valence-electron chi connectivity index (χ2n) is 5.03. The highest BCUT2D eigenvalue weighted by Gasteiger charge is 2.24. The van der Waals surface area contributed by atoms with Gasteiger partial charge in [-0.1, -0.05) is 29.3 Å². The molecule has 0 radical (unpaired) electrons. The van der Waals surface area contributed by atoms with E-state index in [1.165, 1.54) is 0 Å². The zero-order valence-electron chi connectivity index (χ0n) is 10.9. The van der Waals surface area contributed by atoms with Gasteiger partial charge in [0.2, 0.25) is 5.91 Å². The number of benzene rings is 1. The maximum Gasteiger partial charge on any atom is 0.223 e. The second-order valence-corrected chi connectivity index (χ2v) is 5.87. The lowest BCUT2D eigenvalue weighted by Crippen LogP contribution is -2.42. The van der Waals surface area contributed by atoms with Gasteiger partial charge in [0.1, 0.15) is 0 Å². The van der Waals surface area contributed by atoms with Crippen molar-refractivity contribution < 1.29 is 4.79 Å². The summed E-state index contributed by atoms with van der Waals surface area (Å²) in [5.41, 5.74) is 0.890. The van der Waals surface area contributed by atoms with E-state index in [1.807, 2.05) is 6.07 Å². The third-order valence-corrected chi connectivity index (χ3v) is 4.05. The molecule has 2 atom stereocenters. The van der Waals surface area contributed by atoms with Crippen molar-refractivity contribution in [3.05, 3.63) is 33.8 Å². The zero-order valence-corrected chi connectivity index (χ0v) is 12.4. The Hall–Kier alpha value is -0.770. The van der Waals surface area contributed by atoms with Gasteiger partial charge in [0.25, 0.3) is 0 Å². The van der Waals surface area contributed by atoms with E-state index in [-0.39, 0.29) is 11.8 Å². The Morgan fingerprint density at radius 3 is 2.95 bits per heavy atom. The number of carbonyl (C=O) groups excluding carboxylic acids is 1. The molecule has 1 fully saturated rings. The summed E-state index contributed by atoms with van der Waals surface area (Å²) in [6, 6.07) is 5.72. The molecule has 0 unspecified atom stereocenters. The van der Waals surface area contributed by atoms with Crippen molar-refractivity contribution in [2.75, 3.05) is 6.54 Å². The van der Waals surface area contributed by atoms with Gasteiger partial charge < -0.3 is 10.6 Å². The van der Waals surface area contributed by atoms with Crippen molar-refractivity contribution >= 4 is 29.1 Å². The quantitative estimate of drug-likeness (QED) is 0.901. The van der Waals surface area contributed by atoms with Crippen LogP contribution in [0, 0.1) is 5.92 Å². The number of hydrogen-bond acceptors (Lipinski definition) is 2. The molecule has 2 N–H and O–H groups in total. The normalized spacial score (nSPS) is 23.1. The van der Waals surface area contributed by atoms with Crippen LogP contribution in [0.2, 0.25) is 10.0 Å². The van der Waals surface area contributed by atoms with Crippen molar-refractivity contribution in [3.8, 4) is 0 Å². The number of rotatable bonds is 3. The highest BCUT2D eigenvalue weighted by atomic mass is 35.5. The van der Waals surface area contributed by atoms with Crippen LogP contribution in [0.3, 0.4) is 0 Å². The molecule has 104 valence electrons. The van der Waals surface area contributed by atoms with Crippen LogP contribution in [0.5, 0.6) is 0 Å². The third kappa shape index (κ3) is 4.10. The Morgan fingerprint density at radius 2 is 2.26 bits per heavy atom. The van der Waals surface area contributed by atoms with Crippen molar-refractivity contribution in [2.24, 2.45) is 5.92 Å². The molecule has 0 saturated carbocycles. The number of carbonyl (C=O) groups is 1. The lowest BCUT2D eigenvalue weighted by Gasteiger charge is -2.27. The van der Waals surface area contributed by atoms with E-state index < -0.39 is 0 Å². The minimum absolute atomic E-state index is 0.0994. The number of piperidine rings is 1. The van der Waals surface area contributed by atoms with Gasteiger partial charge in [-0.25, -0.2) is 0 Å². The summed E-state index contributed by atoms with van der Waals surface area (Å²) in [6.07, 6.45) is 1.78. The summed E-state index contributed by atoms with van der Waals surface area (Å²) < 4.78 is 0. The molecule has 1 aliphatic rings. The number of hydrogen-bond donors (Lipinski definition) is 2. The first kappa shape index (κ1) is 14.6. The summed E-state index contributed by atoms with van der Waals surface area (Å²) in [7, 11) is 0. The molecule has 5 heteroatoms. The molecule has 1 aromatic rings. The summed E-state index contributed by atoms with van der Waals surface area (Å²) in [5.74, 6) is 0.210. The SMILES string of the molecule is C[C@H]1C[C@@H](C(=O)NCc2ccc(Cl)cc2Cl)CCN1. The fraction of sp³-hybridized carbons (Fsp3) is 0.500. The Kier molecular flexibility index (Phi) is 5.08. The van der Waals surface area contributed by atoms with Crippen molar-refractivity contribution in [1.82, 2.24) is 10.6 Å². The minimum atomic E-state index is 0.0994. The maximum absolute atomic E-state index is 12.1. The smallest absolute Gasteiger partial charge is 0.223 e. The second kappa shape index (κ2) is 6.60. The van der Waals surface area contributed by atoms with Gasteiger partial charge in [0.15, 0.2) is 0 Å². The molecule has 0 aromatic heterocycles. The Morgan fingerprint density at radius 1 is 1.47 bits per heavy atom. The fourth-order valence-corrected chi connectivity index (χ4v) is 2.84. The van der Waals surface area contributed by atoms with Crippen LogP contribution in [0.25, 0.3) is 0 Å². The molecule has 0 aliphatic carbocycles.